The maximum atomic E-state index is 12.3. The SMILES string of the molecule is CCN1N=C(C(=O)N[C@@H]2CCc3nc(C)cn3C2)CCC1=O. The van der Waals surface area contributed by atoms with Crippen LogP contribution in [0, 0.1) is 6.92 Å². The summed E-state index contributed by atoms with van der Waals surface area (Å²) in [5, 5.41) is 8.58. The highest BCUT2D eigenvalue weighted by Crippen LogP contribution is 2.16. The van der Waals surface area contributed by atoms with Crippen LogP contribution in [-0.2, 0) is 22.6 Å². The Hall–Kier alpha value is -2.18. The summed E-state index contributed by atoms with van der Waals surface area (Å²) in [6, 6.07) is 0.0870. The molecule has 0 saturated heterocycles. The molecule has 0 fully saturated rings. The second-order valence-electron chi connectivity index (χ2n) is 5.82. The average Bonchev–Trinajstić information content (AvgIpc) is 2.87. The van der Waals surface area contributed by atoms with Gasteiger partial charge in [-0.05, 0) is 20.3 Å². The van der Waals surface area contributed by atoms with Gasteiger partial charge in [-0.25, -0.2) is 9.99 Å². The number of aromatic nitrogens is 2. The molecule has 0 aromatic carbocycles. The fourth-order valence-corrected chi connectivity index (χ4v) is 2.98. The van der Waals surface area contributed by atoms with Crippen LogP contribution in [0.15, 0.2) is 11.3 Å². The highest BCUT2D eigenvalue weighted by atomic mass is 16.2. The molecular weight excluding hydrogens is 282 g/mol. The van der Waals surface area contributed by atoms with Crippen molar-refractivity contribution in [3.8, 4) is 0 Å². The number of carbonyl (C=O) groups excluding carboxylic acids is 2. The van der Waals surface area contributed by atoms with E-state index < -0.39 is 0 Å². The molecule has 1 atom stereocenters. The molecule has 3 rings (SSSR count). The molecule has 0 radical (unpaired) electrons. The minimum Gasteiger partial charge on any atom is -0.346 e. The molecular formula is C15H21N5O2. The zero-order valence-electron chi connectivity index (χ0n) is 13.0. The van der Waals surface area contributed by atoms with Crippen LogP contribution in [0.2, 0.25) is 0 Å². The van der Waals surface area contributed by atoms with Crippen LogP contribution in [0.1, 0.15) is 37.7 Å². The van der Waals surface area contributed by atoms with Crippen molar-refractivity contribution in [2.45, 2.75) is 52.1 Å². The number of amides is 2. The standard InChI is InChI=1S/C15H21N5O2/c1-3-20-14(21)7-5-12(18-20)15(22)17-11-4-6-13-16-10(2)8-19(13)9-11/h8,11H,3-7,9H2,1-2H3,(H,17,22)/t11-/m1/s1. The van der Waals surface area contributed by atoms with E-state index in [1.807, 2.05) is 20.0 Å². The molecule has 1 N–H and O–H groups in total. The first-order valence-corrected chi connectivity index (χ1v) is 7.78. The lowest BCUT2D eigenvalue weighted by Crippen LogP contribution is -2.46. The summed E-state index contributed by atoms with van der Waals surface area (Å²) in [5.74, 6) is 0.909. The molecule has 1 aromatic rings. The zero-order chi connectivity index (χ0) is 15.7. The molecule has 22 heavy (non-hydrogen) atoms. The molecule has 2 aliphatic heterocycles. The van der Waals surface area contributed by atoms with Gasteiger partial charge in [-0.3, -0.25) is 9.59 Å². The first-order chi connectivity index (χ1) is 10.6. The van der Waals surface area contributed by atoms with Crippen LogP contribution >= 0.6 is 0 Å². The molecule has 118 valence electrons. The predicted octanol–water partition coefficient (Wildman–Crippen LogP) is 0.621. The van der Waals surface area contributed by atoms with Crippen LogP contribution in [0.3, 0.4) is 0 Å². The van der Waals surface area contributed by atoms with Crippen molar-refractivity contribution in [1.29, 1.82) is 0 Å². The Bertz CT molecular complexity index is 634. The number of carbonyl (C=O) groups is 2. The van der Waals surface area contributed by atoms with E-state index in [2.05, 4.69) is 20.0 Å². The molecule has 1 aromatic heterocycles. The van der Waals surface area contributed by atoms with E-state index >= 15 is 0 Å². The summed E-state index contributed by atoms with van der Waals surface area (Å²) < 4.78 is 2.11. The first-order valence-electron chi connectivity index (χ1n) is 7.78. The Morgan fingerprint density at radius 3 is 3.00 bits per heavy atom. The van der Waals surface area contributed by atoms with Crippen LogP contribution in [0.5, 0.6) is 0 Å². The van der Waals surface area contributed by atoms with E-state index in [1.165, 1.54) is 5.01 Å². The van der Waals surface area contributed by atoms with E-state index in [-0.39, 0.29) is 17.9 Å². The van der Waals surface area contributed by atoms with Crippen LogP contribution < -0.4 is 5.32 Å². The maximum absolute atomic E-state index is 12.3. The molecule has 7 heteroatoms. The van der Waals surface area contributed by atoms with Crippen LogP contribution in [-0.4, -0.2) is 44.7 Å². The van der Waals surface area contributed by atoms with Crippen molar-refractivity contribution in [3.05, 3.63) is 17.7 Å². The Kier molecular flexibility index (Phi) is 3.96. The second-order valence-corrected chi connectivity index (χ2v) is 5.82. The van der Waals surface area contributed by atoms with Gasteiger partial charge in [0.25, 0.3) is 5.91 Å². The second kappa shape index (κ2) is 5.90. The fraction of sp³-hybridized carbons (Fsp3) is 0.600. The fourth-order valence-electron chi connectivity index (χ4n) is 2.98. The predicted molar refractivity (Wildman–Crippen MR) is 81.3 cm³/mol. The van der Waals surface area contributed by atoms with Gasteiger partial charge < -0.3 is 9.88 Å². The summed E-state index contributed by atoms with van der Waals surface area (Å²) in [6.45, 7) is 5.07. The Morgan fingerprint density at radius 2 is 2.23 bits per heavy atom. The third-order valence-electron chi connectivity index (χ3n) is 4.11. The lowest BCUT2D eigenvalue weighted by molar-refractivity contribution is -0.131. The van der Waals surface area contributed by atoms with Gasteiger partial charge >= 0.3 is 0 Å². The monoisotopic (exact) mass is 303 g/mol. The lowest BCUT2D eigenvalue weighted by Gasteiger charge is -2.26. The summed E-state index contributed by atoms with van der Waals surface area (Å²) in [6.07, 6.45) is 4.54. The van der Waals surface area contributed by atoms with Crippen LogP contribution in [0.25, 0.3) is 0 Å². The van der Waals surface area contributed by atoms with Crippen molar-refractivity contribution in [2.75, 3.05) is 6.54 Å². The molecule has 7 nitrogen and oxygen atoms in total. The molecule has 0 bridgehead atoms. The summed E-state index contributed by atoms with van der Waals surface area (Å²) in [4.78, 5) is 28.4. The highest BCUT2D eigenvalue weighted by molar-refractivity contribution is 6.39. The number of hydrazone groups is 1. The van der Waals surface area contributed by atoms with Gasteiger partial charge in [0.15, 0.2) is 0 Å². The number of rotatable bonds is 3. The van der Waals surface area contributed by atoms with Gasteiger partial charge in [0.1, 0.15) is 11.5 Å². The van der Waals surface area contributed by atoms with E-state index in [1.54, 1.807) is 0 Å². The summed E-state index contributed by atoms with van der Waals surface area (Å²) >= 11 is 0. The van der Waals surface area contributed by atoms with Gasteiger partial charge in [-0.1, -0.05) is 0 Å². The molecule has 0 aliphatic carbocycles. The van der Waals surface area contributed by atoms with E-state index in [9.17, 15) is 9.59 Å². The van der Waals surface area contributed by atoms with Crippen molar-refractivity contribution in [3.63, 3.8) is 0 Å². The number of hydrogen-bond acceptors (Lipinski definition) is 4. The number of nitrogens with one attached hydrogen (secondary N) is 1. The van der Waals surface area contributed by atoms with E-state index in [0.29, 0.717) is 25.1 Å². The smallest absolute Gasteiger partial charge is 0.267 e. The van der Waals surface area contributed by atoms with Gasteiger partial charge in [0.05, 0.1) is 5.69 Å². The van der Waals surface area contributed by atoms with Crippen LogP contribution in [0.4, 0.5) is 0 Å². The van der Waals surface area contributed by atoms with Crippen molar-refractivity contribution >= 4 is 17.5 Å². The maximum Gasteiger partial charge on any atom is 0.267 e. The third kappa shape index (κ3) is 2.88. The molecule has 0 unspecified atom stereocenters. The number of nitrogens with zero attached hydrogens (tertiary/aromatic N) is 4. The van der Waals surface area contributed by atoms with Crippen molar-refractivity contribution in [1.82, 2.24) is 19.9 Å². The minimum absolute atomic E-state index is 0.0183. The van der Waals surface area contributed by atoms with Gasteiger partial charge in [-0.15, -0.1) is 0 Å². The zero-order valence-corrected chi connectivity index (χ0v) is 13.0. The molecule has 2 amide bonds. The number of aryl methyl sites for hydroxylation is 2. The Labute approximate surface area is 129 Å². The quantitative estimate of drug-likeness (QED) is 0.889. The largest absolute Gasteiger partial charge is 0.346 e. The number of imidazole rings is 1. The van der Waals surface area contributed by atoms with Crippen molar-refractivity contribution in [2.24, 2.45) is 5.10 Å². The molecule has 0 spiro atoms. The molecule has 0 saturated carbocycles. The Balaban J connectivity index is 1.64. The van der Waals surface area contributed by atoms with E-state index in [0.717, 1.165) is 30.9 Å². The third-order valence-corrected chi connectivity index (χ3v) is 4.11. The number of fused-ring (bicyclic) bond motifs is 1. The van der Waals surface area contributed by atoms with Crippen molar-refractivity contribution < 1.29 is 9.59 Å². The minimum atomic E-state index is -0.156. The molecule has 3 heterocycles. The topological polar surface area (TPSA) is 79.6 Å². The van der Waals surface area contributed by atoms with Gasteiger partial charge in [-0.2, -0.15) is 5.10 Å². The highest BCUT2D eigenvalue weighted by Gasteiger charge is 2.26. The summed E-state index contributed by atoms with van der Waals surface area (Å²) in [5.41, 5.74) is 1.46. The lowest BCUT2D eigenvalue weighted by atomic mass is 10.1. The average molecular weight is 303 g/mol. The first kappa shape index (κ1) is 14.7. The Morgan fingerprint density at radius 1 is 1.41 bits per heavy atom. The summed E-state index contributed by atoms with van der Waals surface area (Å²) in [7, 11) is 0. The van der Waals surface area contributed by atoms with E-state index in [4.69, 9.17) is 0 Å². The van der Waals surface area contributed by atoms with Gasteiger partial charge in [0, 0.05) is 44.6 Å². The normalized spacial score (nSPS) is 21.4. The molecule has 2 aliphatic rings. The van der Waals surface area contributed by atoms with Gasteiger partial charge in [0.2, 0.25) is 5.91 Å². The number of hydrogen-bond donors (Lipinski definition) is 1.